The van der Waals surface area contributed by atoms with Crippen LogP contribution < -0.4 is 14.4 Å². The van der Waals surface area contributed by atoms with E-state index in [1.807, 2.05) is 24.5 Å². The van der Waals surface area contributed by atoms with Gasteiger partial charge in [-0.25, -0.2) is 18.4 Å². The predicted octanol–water partition coefficient (Wildman–Crippen LogP) is 2.17. The van der Waals surface area contributed by atoms with E-state index in [1.54, 1.807) is 7.11 Å². The molecule has 34 heavy (non-hydrogen) atoms. The Hall–Kier alpha value is -2.43. The summed E-state index contributed by atoms with van der Waals surface area (Å²) in [6.07, 6.45) is 7.99. The van der Waals surface area contributed by atoms with Crippen LogP contribution in [0.4, 0.5) is 5.95 Å². The van der Waals surface area contributed by atoms with E-state index < -0.39 is 10.0 Å². The molecule has 0 atom stereocenters. The first-order valence-electron chi connectivity index (χ1n) is 11.9. The largest absolute Gasteiger partial charge is 0.496 e. The van der Waals surface area contributed by atoms with Gasteiger partial charge < -0.3 is 14.4 Å². The van der Waals surface area contributed by atoms with Gasteiger partial charge in [-0.05, 0) is 18.1 Å². The number of piperazine rings is 1. The van der Waals surface area contributed by atoms with Gasteiger partial charge in [-0.2, -0.15) is 4.31 Å². The van der Waals surface area contributed by atoms with Gasteiger partial charge in [0.2, 0.25) is 16.0 Å². The number of piperidine rings is 1. The number of aryl methyl sites for hydroxylation is 1. The predicted molar refractivity (Wildman–Crippen MR) is 132 cm³/mol. The minimum Gasteiger partial charge on any atom is -0.496 e. The fourth-order valence-corrected chi connectivity index (χ4v) is 5.28. The summed E-state index contributed by atoms with van der Waals surface area (Å²) in [5, 5.41) is 0. The molecule has 9 nitrogen and oxygen atoms in total. The molecule has 0 spiro atoms. The highest BCUT2D eigenvalue weighted by Gasteiger charge is 2.25. The van der Waals surface area contributed by atoms with Crippen LogP contribution in [-0.2, 0) is 23.0 Å². The molecule has 2 aliphatic heterocycles. The molecule has 2 aliphatic rings. The molecule has 2 fully saturated rings. The number of ether oxygens (including phenoxy) is 2. The SMILES string of the molecule is CCc1cnc(N2CCC(Oc3ccc(CN4CCN(S(C)(=O)=O)CC4)c(OC)c3)CC2)nc1. The van der Waals surface area contributed by atoms with Crippen LogP contribution in [0.1, 0.15) is 30.9 Å². The van der Waals surface area contributed by atoms with Crippen LogP contribution in [0.5, 0.6) is 11.5 Å². The van der Waals surface area contributed by atoms with E-state index in [9.17, 15) is 8.42 Å². The summed E-state index contributed by atoms with van der Waals surface area (Å²) in [5.41, 5.74) is 2.22. The zero-order chi connectivity index (χ0) is 24.1. The molecular weight excluding hydrogens is 454 g/mol. The van der Waals surface area contributed by atoms with Crippen molar-refractivity contribution in [3.05, 3.63) is 41.7 Å². The van der Waals surface area contributed by atoms with Crippen LogP contribution in [0.15, 0.2) is 30.6 Å². The van der Waals surface area contributed by atoms with Gasteiger partial charge in [-0.3, -0.25) is 4.90 Å². The van der Waals surface area contributed by atoms with Crippen molar-refractivity contribution in [2.75, 3.05) is 57.5 Å². The second-order valence-electron chi connectivity index (χ2n) is 8.96. The van der Waals surface area contributed by atoms with Crippen molar-refractivity contribution in [1.29, 1.82) is 0 Å². The molecule has 0 N–H and O–H groups in total. The van der Waals surface area contributed by atoms with Crippen molar-refractivity contribution in [3.63, 3.8) is 0 Å². The van der Waals surface area contributed by atoms with Crippen LogP contribution in [-0.4, -0.2) is 86.3 Å². The summed E-state index contributed by atoms with van der Waals surface area (Å²) in [4.78, 5) is 13.5. The summed E-state index contributed by atoms with van der Waals surface area (Å²) in [5.74, 6) is 2.40. The van der Waals surface area contributed by atoms with E-state index in [4.69, 9.17) is 9.47 Å². The molecule has 10 heteroatoms. The molecular formula is C24H35N5O4S. The van der Waals surface area contributed by atoms with Crippen molar-refractivity contribution < 1.29 is 17.9 Å². The van der Waals surface area contributed by atoms with E-state index in [0.717, 1.165) is 67.5 Å². The van der Waals surface area contributed by atoms with Gasteiger partial charge >= 0.3 is 0 Å². The fourth-order valence-electron chi connectivity index (χ4n) is 4.45. The van der Waals surface area contributed by atoms with Gasteiger partial charge in [0, 0.05) is 82.7 Å². The lowest BCUT2D eigenvalue weighted by Crippen LogP contribution is -2.47. The third-order valence-electron chi connectivity index (χ3n) is 6.58. The monoisotopic (exact) mass is 489 g/mol. The van der Waals surface area contributed by atoms with E-state index in [0.29, 0.717) is 26.2 Å². The van der Waals surface area contributed by atoms with Crippen molar-refractivity contribution in [3.8, 4) is 11.5 Å². The normalized spacial score (nSPS) is 18.7. The summed E-state index contributed by atoms with van der Waals surface area (Å²) >= 11 is 0. The molecule has 4 rings (SSSR count). The van der Waals surface area contributed by atoms with Crippen molar-refractivity contribution in [1.82, 2.24) is 19.2 Å². The van der Waals surface area contributed by atoms with Gasteiger partial charge in [0.05, 0.1) is 13.4 Å². The summed E-state index contributed by atoms with van der Waals surface area (Å²) in [6, 6.07) is 6.01. The molecule has 0 amide bonds. The first kappa shape index (κ1) is 24.7. The second kappa shape index (κ2) is 10.9. The van der Waals surface area contributed by atoms with Gasteiger partial charge in [0.1, 0.15) is 17.6 Å². The number of nitrogens with zero attached hydrogens (tertiary/aromatic N) is 5. The Morgan fingerprint density at radius 3 is 2.29 bits per heavy atom. The van der Waals surface area contributed by atoms with E-state index in [-0.39, 0.29) is 6.10 Å². The second-order valence-corrected chi connectivity index (χ2v) is 10.9. The number of benzene rings is 1. The molecule has 1 aromatic carbocycles. The molecule has 186 valence electrons. The average molecular weight is 490 g/mol. The molecule has 1 aromatic heterocycles. The number of sulfonamides is 1. The highest BCUT2D eigenvalue weighted by Crippen LogP contribution is 2.29. The zero-order valence-corrected chi connectivity index (χ0v) is 21.1. The maximum atomic E-state index is 11.7. The number of hydrogen-bond donors (Lipinski definition) is 0. The van der Waals surface area contributed by atoms with E-state index >= 15 is 0 Å². The standard InChI is InChI=1S/C24H35N5O4S/c1-4-19-16-25-24(26-17-19)28-9-7-21(8-10-28)33-22-6-5-20(23(15-22)32-2)18-27-11-13-29(14-12-27)34(3,30)31/h5-6,15-17,21H,4,7-14,18H2,1-3H3. The van der Waals surface area contributed by atoms with Crippen molar-refractivity contribution in [2.24, 2.45) is 0 Å². The maximum Gasteiger partial charge on any atom is 0.225 e. The van der Waals surface area contributed by atoms with Crippen LogP contribution in [0, 0.1) is 0 Å². The van der Waals surface area contributed by atoms with Crippen molar-refractivity contribution >= 4 is 16.0 Å². The van der Waals surface area contributed by atoms with Crippen LogP contribution >= 0.6 is 0 Å². The van der Waals surface area contributed by atoms with Crippen LogP contribution in [0.3, 0.4) is 0 Å². The van der Waals surface area contributed by atoms with Crippen LogP contribution in [0.2, 0.25) is 0 Å². The molecule has 2 aromatic rings. The first-order valence-corrected chi connectivity index (χ1v) is 13.8. The molecule has 2 saturated heterocycles. The minimum atomic E-state index is -3.12. The summed E-state index contributed by atoms with van der Waals surface area (Å²) < 4.78 is 36.9. The van der Waals surface area contributed by atoms with Gasteiger partial charge in [-0.1, -0.05) is 13.0 Å². The molecule has 0 aliphatic carbocycles. The van der Waals surface area contributed by atoms with E-state index in [1.165, 1.54) is 10.6 Å². The number of aromatic nitrogens is 2. The molecule has 0 unspecified atom stereocenters. The van der Waals surface area contributed by atoms with Crippen molar-refractivity contribution in [2.45, 2.75) is 38.8 Å². The first-order chi connectivity index (χ1) is 16.4. The molecule has 3 heterocycles. The third-order valence-corrected chi connectivity index (χ3v) is 7.88. The Balaban J connectivity index is 1.30. The third kappa shape index (κ3) is 6.17. The van der Waals surface area contributed by atoms with Gasteiger partial charge in [0.15, 0.2) is 0 Å². The lowest BCUT2D eigenvalue weighted by atomic mass is 10.1. The van der Waals surface area contributed by atoms with Gasteiger partial charge in [0.25, 0.3) is 0 Å². The smallest absolute Gasteiger partial charge is 0.225 e. The Bertz CT molecular complexity index is 1050. The number of rotatable bonds is 8. The Labute approximate surface area is 202 Å². The lowest BCUT2D eigenvalue weighted by molar-refractivity contribution is 0.169. The maximum absolute atomic E-state index is 11.7. The summed E-state index contributed by atoms with van der Waals surface area (Å²) in [6.45, 7) is 7.01. The topological polar surface area (TPSA) is 88.1 Å². The highest BCUT2D eigenvalue weighted by molar-refractivity contribution is 7.88. The Morgan fingerprint density at radius 1 is 1.03 bits per heavy atom. The van der Waals surface area contributed by atoms with Crippen LogP contribution in [0.25, 0.3) is 0 Å². The fraction of sp³-hybridized carbons (Fsp3) is 0.583. The zero-order valence-electron chi connectivity index (χ0n) is 20.3. The molecule has 0 saturated carbocycles. The highest BCUT2D eigenvalue weighted by atomic mass is 32.2. The number of hydrogen-bond acceptors (Lipinski definition) is 8. The number of anilines is 1. The molecule has 0 bridgehead atoms. The number of methoxy groups -OCH3 is 1. The average Bonchev–Trinajstić information content (AvgIpc) is 2.85. The molecule has 0 radical (unpaired) electrons. The lowest BCUT2D eigenvalue weighted by Gasteiger charge is -2.33. The quantitative estimate of drug-likeness (QED) is 0.558. The van der Waals surface area contributed by atoms with E-state index in [2.05, 4.69) is 32.8 Å². The Kier molecular flexibility index (Phi) is 7.90. The minimum absolute atomic E-state index is 0.144. The van der Waals surface area contributed by atoms with Gasteiger partial charge in [-0.15, -0.1) is 0 Å². The summed E-state index contributed by atoms with van der Waals surface area (Å²) in [7, 11) is -1.45. The Morgan fingerprint density at radius 2 is 1.71 bits per heavy atom.